The summed E-state index contributed by atoms with van der Waals surface area (Å²) in [6.45, 7) is 0. The van der Waals surface area contributed by atoms with Gasteiger partial charge in [-0.15, -0.1) is 10.2 Å². The van der Waals surface area contributed by atoms with E-state index in [1.54, 1.807) is 6.07 Å². The van der Waals surface area contributed by atoms with Crippen molar-refractivity contribution >= 4 is 22.5 Å². The molecule has 78 valence electrons. The molecule has 0 saturated heterocycles. The van der Waals surface area contributed by atoms with Crippen LogP contribution in [0.3, 0.4) is 0 Å². The first-order chi connectivity index (χ1) is 7.77. The molecule has 0 aliphatic heterocycles. The van der Waals surface area contributed by atoms with Gasteiger partial charge in [-0.25, -0.2) is 0 Å². The Balaban J connectivity index is 0.00000108. The molecule has 0 bridgehead atoms. The maximum absolute atomic E-state index is 10.9. The second kappa shape index (κ2) is 4.44. The number of aromatic nitrogens is 3. The Hall–Kier alpha value is -1.43. The zero-order chi connectivity index (χ0) is 11.1. The SMILES string of the molecule is O=C([O-])c1nnc2ccc3ccccc3n12.[Na+]. The summed E-state index contributed by atoms with van der Waals surface area (Å²) in [5.74, 6) is -1.50. The molecule has 0 spiro atoms. The number of carbonyl (C=O) groups excluding carboxylic acids is 1. The number of pyridine rings is 1. The van der Waals surface area contributed by atoms with Crippen LogP contribution in [0.2, 0.25) is 0 Å². The van der Waals surface area contributed by atoms with Gasteiger partial charge in [-0.3, -0.25) is 4.40 Å². The summed E-state index contributed by atoms with van der Waals surface area (Å²) in [5.41, 5.74) is 1.25. The van der Waals surface area contributed by atoms with Gasteiger partial charge in [0.2, 0.25) is 0 Å². The van der Waals surface area contributed by atoms with E-state index in [9.17, 15) is 9.90 Å². The first kappa shape index (κ1) is 12.0. The second-order valence-electron chi connectivity index (χ2n) is 3.40. The summed E-state index contributed by atoms with van der Waals surface area (Å²) in [6, 6.07) is 11.0. The van der Waals surface area contributed by atoms with E-state index in [0.717, 1.165) is 10.9 Å². The predicted molar refractivity (Wildman–Crippen MR) is 54.8 cm³/mol. The molecule has 0 amide bonds. The van der Waals surface area contributed by atoms with Crippen LogP contribution in [0.5, 0.6) is 0 Å². The Kier molecular flexibility index (Phi) is 3.15. The normalized spacial score (nSPS) is 10.4. The first-order valence-electron chi connectivity index (χ1n) is 4.71. The number of carboxylic acid groups (broad SMARTS) is 1. The van der Waals surface area contributed by atoms with Gasteiger partial charge in [0.1, 0.15) is 5.97 Å². The van der Waals surface area contributed by atoms with Crippen LogP contribution in [0.25, 0.3) is 16.6 Å². The van der Waals surface area contributed by atoms with Crippen molar-refractivity contribution in [3.63, 3.8) is 0 Å². The van der Waals surface area contributed by atoms with E-state index in [1.165, 1.54) is 4.40 Å². The number of carboxylic acids is 1. The molecule has 0 saturated carbocycles. The number of rotatable bonds is 1. The van der Waals surface area contributed by atoms with Gasteiger partial charge in [0.15, 0.2) is 11.5 Å². The molecule has 0 fully saturated rings. The number of hydrogen-bond acceptors (Lipinski definition) is 4. The molecule has 5 nitrogen and oxygen atoms in total. The van der Waals surface area contributed by atoms with E-state index in [-0.39, 0.29) is 35.4 Å². The summed E-state index contributed by atoms with van der Waals surface area (Å²) < 4.78 is 1.48. The van der Waals surface area contributed by atoms with Gasteiger partial charge in [-0.1, -0.05) is 18.2 Å². The molecule has 0 aliphatic rings. The fourth-order valence-electron chi connectivity index (χ4n) is 1.77. The molecule has 2 heterocycles. The number of carbonyl (C=O) groups is 1. The van der Waals surface area contributed by atoms with Gasteiger partial charge in [0, 0.05) is 0 Å². The van der Waals surface area contributed by atoms with Gasteiger partial charge >= 0.3 is 29.6 Å². The minimum Gasteiger partial charge on any atom is -0.541 e. The third kappa shape index (κ3) is 1.82. The van der Waals surface area contributed by atoms with E-state index in [0.29, 0.717) is 5.65 Å². The predicted octanol–water partition coefficient (Wildman–Crippen LogP) is -2.75. The molecule has 0 aliphatic carbocycles. The molecular weight excluding hydrogens is 229 g/mol. The van der Waals surface area contributed by atoms with Crippen LogP contribution in [-0.2, 0) is 0 Å². The standard InChI is InChI=1S/C11H7N3O2.Na/c15-11(16)10-13-12-9-6-5-7-3-1-2-4-8(7)14(9)10;/h1-6H,(H,15,16);/q;+1/p-1. The van der Waals surface area contributed by atoms with Crippen LogP contribution >= 0.6 is 0 Å². The zero-order valence-corrected chi connectivity index (χ0v) is 11.1. The summed E-state index contributed by atoms with van der Waals surface area (Å²) in [4.78, 5) is 10.9. The third-order valence-electron chi connectivity index (χ3n) is 2.46. The van der Waals surface area contributed by atoms with Gasteiger partial charge in [0.05, 0.1) is 5.52 Å². The monoisotopic (exact) mass is 235 g/mol. The minimum atomic E-state index is -1.33. The fraction of sp³-hybridized carbons (Fsp3) is 0. The summed E-state index contributed by atoms with van der Waals surface area (Å²) in [5, 5.41) is 19.2. The van der Waals surface area contributed by atoms with E-state index in [4.69, 9.17) is 0 Å². The van der Waals surface area contributed by atoms with Gasteiger partial charge in [-0.05, 0) is 23.6 Å². The number of hydrogen-bond donors (Lipinski definition) is 0. The van der Waals surface area contributed by atoms with Gasteiger partial charge in [-0.2, -0.15) is 0 Å². The van der Waals surface area contributed by atoms with Crippen LogP contribution in [0.1, 0.15) is 10.6 Å². The molecule has 0 N–H and O–H groups in total. The molecule has 17 heavy (non-hydrogen) atoms. The molecule has 3 aromatic rings. The van der Waals surface area contributed by atoms with Crippen molar-refractivity contribution in [3.05, 3.63) is 42.2 Å². The molecule has 6 heteroatoms. The van der Waals surface area contributed by atoms with Crippen molar-refractivity contribution in [1.82, 2.24) is 14.6 Å². The average Bonchev–Trinajstić information content (AvgIpc) is 2.73. The largest absolute Gasteiger partial charge is 1.00 e. The number of nitrogens with zero attached hydrogens (tertiary/aromatic N) is 3. The molecule has 1 aromatic carbocycles. The Labute approximate surface area is 118 Å². The van der Waals surface area contributed by atoms with E-state index in [2.05, 4.69) is 10.2 Å². The van der Waals surface area contributed by atoms with Crippen molar-refractivity contribution < 1.29 is 39.5 Å². The van der Waals surface area contributed by atoms with Gasteiger partial charge in [0.25, 0.3) is 0 Å². The first-order valence-corrected chi connectivity index (χ1v) is 4.71. The van der Waals surface area contributed by atoms with E-state index >= 15 is 0 Å². The molecule has 0 radical (unpaired) electrons. The zero-order valence-electron chi connectivity index (χ0n) is 9.12. The van der Waals surface area contributed by atoms with Crippen molar-refractivity contribution in [3.8, 4) is 0 Å². The van der Waals surface area contributed by atoms with Crippen molar-refractivity contribution in [2.24, 2.45) is 0 Å². The van der Waals surface area contributed by atoms with Crippen molar-refractivity contribution in [1.29, 1.82) is 0 Å². The van der Waals surface area contributed by atoms with Gasteiger partial charge < -0.3 is 9.90 Å². The number of para-hydroxylation sites is 1. The maximum atomic E-state index is 10.9. The Morgan fingerprint density at radius 1 is 1.12 bits per heavy atom. The second-order valence-corrected chi connectivity index (χ2v) is 3.40. The number of benzene rings is 1. The Bertz CT molecular complexity index is 708. The van der Waals surface area contributed by atoms with Crippen molar-refractivity contribution in [2.45, 2.75) is 0 Å². The Morgan fingerprint density at radius 2 is 1.88 bits per heavy atom. The fourth-order valence-corrected chi connectivity index (χ4v) is 1.77. The molecule has 2 aromatic heterocycles. The van der Waals surface area contributed by atoms with Crippen LogP contribution in [0, 0.1) is 0 Å². The molecular formula is C11H6N3NaO2. The van der Waals surface area contributed by atoms with E-state index in [1.807, 2.05) is 30.3 Å². The Morgan fingerprint density at radius 3 is 2.65 bits per heavy atom. The molecule has 0 atom stereocenters. The number of aromatic carboxylic acids is 1. The molecule has 0 unspecified atom stereocenters. The molecule has 3 rings (SSSR count). The summed E-state index contributed by atoms with van der Waals surface area (Å²) in [6.07, 6.45) is 0. The summed E-state index contributed by atoms with van der Waals surface area (Å²) >= 11 is 0. The van der Waals surface area contributed by atoms with E-state index < -0.39 is 5.97 Å². The van der Waals surface area contributed by atoms with Crippen LogP contribution in [0.15, 0.2) is 36.4 Å². The summed E-state index contributed by atoms with van der Waals surface area (Å²) in [7, 11) is 0. The number of fused-ring (bicyclic) bond motifs is 3. The average molecular weight is 235 g/mol. The quantitative estimate of drug-likeness (QED) is 0.429. The van der Waals surface area contributed by atoms with Crippen LogP contribution < -0.4 is 34.7 Å². The topological polar surface area (TPSA) is 70.3 Å². The van der Waals surface area contributed by atoms with Crippen LogP contribution in [0.4, 0.5) is 0 Å². The minimum absolute atomic E-state index is 0. The van der Waals surface area contributed by atoms with Crippen LogP contribution in [-0.4, -0.2) is 20.6 Å². The third-order valence-corrected chi connectivity index (χ3v) is 2.46. The van der Waals surface area contributed by atoms with Crippen molar-refractivity contribution in [2.75, 3.05) is 0 Å². The maximum Gasteiger partial charge on any atom is 1.00 e. The smallest absolute Gasteiger partial charge is 0.541 e.